The Morgan fingerprint density at radius 3 is 3.00 bits per heavy atom. The molecule has 0 fully saturated rings. The van der Waals surface area contributed by atoms with Gasteiger partial charge in [0, 0.05) is 18.8 Å². The molecule has 1 rings (SSSR count). The van der Waals surface area contributed by atoms with Gasteiger partial charge in [-0.25, -0.2) is 0 Å². The third kappa shape index (κ3) is 3.20. The van der Waals surface area contributed by atoms with Crippen LogP contribution in [0.4, 0.5) is 5.69 Å². The molecule has 1 unspecified atom stereocenters. The van der Waals surface area contributed by atoms with Crippen molar-refractivity contribution in [2.45, 2.75) is 6.10 Å². The van der Waals surface area contributed by atoms with Crippen molar-refractivity contribution >= 4 is 5.69 Å². The zero-order valence-corrected chi connectivity index (χ0v) is 8.11. The number of hydrogen-bond donors (Lipinski definition) is 3. The van der Waals surface area contributed by atoms with Crippen molar-refractivity contribution in [3.05, 3.63) is 42.5 Å². The number of aliphatic hydroxyl groups excluding tert-OH is 1. The SMILES string of the molecule is C=CCNCC(O)c1cccc(N)c1. The molecule has 76 valence electrons. The number of aliphatic hydroxyl groups is 1. The van der Waals surface area contributed by atoms with E-state index in [0.29, 0.717) is 18.8 Å². The van der Waals surface area contributed by atoms with E-state index in [2.05, 4.69) is 11.9 Å². The summed E-state index contributed by atoms with van der Waals surface area (Å²) in [7, 11) is 0. The lowest BCUT2D eigenvalue weighted by Gasteiger charge is -2.11. The molecule has 0 spiro atoms. The molecule has 0 amide bonds. The summed E-state index contributed by atoms with van der Waals surface area (Å²) < 4.78 is 0. The van der Waals surface area contributed by atoms with Crippen LogP contribution >= 0.6 is 0 Å². The lowest BCUT2D eigenvalue weighted by molar-refractivity contribution is 0.176. The highest BCUT2D eigenvalue weighted by Gasteiger charge is 2.05. The van der Waals surface area contributed by atoms with Crippen molar-refractivity contribution in [3.63, 3.8) is 0 Å². The molecule has 14 heavy (non-hydrogen) atoms. The molecule has 0 heterocycles. The number of rotatable bonds is 5. The lowest BCUT2D eigenvalue weighted by atomic mass is 10.1. The Morgan fingerprint density at radius 2 is 2.36 bits per heavy atom. The van der Waals surface area contributed by atoms with Crippen molar-refractivity contribution in [2.75, 3.05) is 18.8 Å². The summed E-state index contributed by atoms with van der Waals surface area (Å²) in [6, 6.07) is 7.27. The Labute approximate surface area is 84.3 Å². The molecule has 0 radical (unpaired) electrons. The van der Waals surface area contributed by atoms with Gasteiger partial charge in [0.1, 0.15) is 0 Å². The highest BCUT2D eigenvalue weighted by Crippen LogP contribution is 2.14. The number of nitrogens with one attached hydrogen (secondary N) is 1. The summed E-state index contributed by atoms with van der Waals surface area (Å²) in [6.07, 6.45) is 1.24. The topological polar surface area (TPSA) is 58.3 Å². The molecule has 0 saturated carbocycles. The average Bonchev–Trinajstić information content (AvgIpc) is 2.18. The van der Waals surface area contributed by atoms with E-state index in [9.17, 15) is 5.11 Å². The first-order valence-electron chi connectivity index (χ1n) is 4.59. The Bertz CT molecular complexity index is 299. The van der Waals surface area contributed by atoms with Crippen LogP contribution in [-0.2, 0) is 0 Å². The second-order valence-electron chi connectivity index (χ2n) is 3.13. The summed E-state index contributed by atoms with van der Waals surface area (Å²) >= 11 is 0. The average molecular weight is 192 g/mol. The Kier molecular flexibility index (Phi) is 4.16. The van der Waals surface area contributed by atoms with E-state index in [-0.39, 0.29) is 0 Å². The van der Waals surface area contributed by atoms with E-state index < -0.39 is 6.10 Å². The van der Waals surface area contributed by atoms with Gasteiger partial charge in [0.25, 0.3) is 0 Å². The summed E-state index contributed by atoms with van der Waals surface area (Å²) in [5, 5.41) is 12.8. The highest BCUT2D eigenvalue weighted by molar-refractivity contribution is 5.41. The molecule has 3 heteroatoms. The zero-order chi connectivity index (χ0) is 10.4. The molecule has 1 aromatic carbocycles. The standard InChI is InChI=1S/C11H16N2O/c1-2-6-13-8-11(14)9-4-3-5-10(12)7-9/h2-5,7,11,13-14H,1,6,8,12H2. The second-order valence-corrected chi connectivity index (χ2v) is 3.13. The monoisotopic (exact) mass is 192 g/mol. The van der Waals surface area contributed by atoms with Crippen LogP contribution < -0.4 is 11.1 Å². The molecule has 0 bridgehead atoms. The molecule has 3 nitrogen and oxygen atoms in total. The van der Waals surface area contributed by atoms with E-state index in [4.69, 9.17) is 5.73 Å². The first-order valence-corrected chi connectivity index (χ1v) is 4.59. The molecule has 4 N–H and O–H groups in total. The Balaban J connectivity index is 2.51. The largest absolute Gasteiger partial charge is 0.399 e. The van der Waals surface area contributed by atoms with Crippen LogP contribution in [0.5, 0.6) is 0 Å². The fourth-order valence-electron chi connectivity index (χ4n) is 1.21. The minimum atomic E-state index is -0.515. The number of anilines is 1. The predicted octanol–water partition coefficient (Wildman–Crippen LogP) is 1.08. The van der Waals surface area contributed by atoms with Crippen LogP contribution in [0.3, 0.4) is 0 Å². The summed E-state index contributed by atoms with van der Waals surface area (Å²) in [5.41, 5.74) is 7.11. The van der Waals surface area contributed by atoms with Crippen molar-refractivity contribution in [1.29, 1.82) is 0 Å². The Hall–Kier alpha value is -1.32. The van der Waals surface area contributed by atoms with Gasteiger partial charge in [0.2, 0.25) is 0 Å². The van der Waals surface area contributed by atoms with Gasteiger partial charge in [-0.3, -0.25) is 0 Å². The van der Waals surface area contributed by atoms with Gasteiger partial charge in [-0.2, -0.15) is 0 Å². The first-order chi connectivity index (χ1) is 6.74. The van der Waals surface area contributed by atoms with Crippen molar-refractivity contribution in [1.82, 2.24) is 5.32 Å². The fraction of sp³-hybridized carbons (Fsp3) is 0.273. The molecule has 0 aliphatic carbocycles. The number of hydrogen-bond acceptors (Lipinski definition) is 3. The van der Waals surface area contributed by atoms with Crippen LogP contribution in [-0.4, -0.2) is 18.2 Å². The van der Waals surface area contributed by atoms with Gasteiger partial charge >= 0.3 is 0 Å². The van der Waals surface area contributed by atoms with Gasteiger partial charge in [-0.05, 0) is 17.7 Å². The maximum atomic E-state index is 9.72. The maximum absolute atomic E-state index is 9.72. The maximum Gasteiger partial charge on any atom is 0.0915 e. The van der Waals surface area contributed by atoms with Crippen molar-refractivity contribution in [3.8, 4) is 0 Å². The first kappa shape index (κ1) is 10.8. The molecule has 0 aliphatic rings. The van der Waals surface area contributed by atoms with Crippen LogP contribution in [0.25, 0.3) is 0 Å². The zero-order valence-electron chi connectivity index (χ0n) is 8.11. The van der Waals surface area contributed by atoms with E-state index in [0.717, 1.165) is 5.56 Å². The predicted molar refractivity (Wildman–Crippen MR) is 58.9 cm³/mol. The minimum Gasteiger partial charge on any atom is -0.399 e. The van der Waals surface area contributed by atoms with E-state index in [1.807, 2.05) is 12.1 Å². The van der Waals surface area contributed by atoms with Crippen LogP contribution in [0, 0.1) is 0 Å². The van der Waals surface area contributed by atoms with E-state index in [1.54, 1.807) is 18.2 Å². The molecule has 0 aliphatic heterocycles. The Morgan fingerprint density at radius 1 is 1.57 bits per heavy atom. The quantitative estimate of drug-likeness (QED) is 0.371. The smallest absolute Gasteiger partial charge is 0.0915 e. The molecule has 1 atom stereocenters. The second kappa shape index (κ2) is 5.42. The summed E-state index contributed by atoms with van der Waals surface area (Å²) in [6.45, 7) is 4.78. The third-order valence-electron chi connectivity index (χ3n) is 1.92. The van der Waals surface area contributed by atoms with Crippen LogP contribution in [0.15, 0.2) is 36.9 Å². The van der Waals surface area contributed by atoms with Crippen LogP contribution in [0.2, 0.25) is 0 Å². The minimum absolute atomic E-state index is 0.509. The van der Waals surface area contributed by atoms with E-state index >= 15 is 0 Å². The van der Waals surface area contributed by atoms with Gasteiger partial charge in [0.05, 0.1) is 6.10 Å². The molecule has 0 aromatic heterocycles. The van der Waals surface area contributed by atoms with Gasteiger partial charge in [-0.1, -0.05) is 18.2 Å². The van der Waals surface area contributed by atoms with Gasteiger partial charge in [-0.15, -0.1) is 6.58 Å². The fourth-order valence-corrected chi connectivity index (χ4v) is 1.21. The number of nitrogen functional groups attached to an aromatic ring is 1. The summed E-state index contributed by atoms with van der Waals surface area (Å²) in [4.78, 5) is 0. The normalized spacial score (nSPS) is 12.4. The van der Waals surface area contributed by atoms with Crippen molar-refractivity contribution in [2.24, 2.45) is 0 Å². The molecule has 0 saturated heterocycles. The number of benzene rings is 1. The molecule has 1 aromatic rings. The van der Waals surface area contributed by atoms with Gasteiger partial charge < -0.3 is 16.2 Å². The van der Waals surface area contributed by atoms with E-state index in [1.165, 1.54) is 0 Å². The number of nitrogens with two attached hydrogens (primary N) is 1. The lowest BCUT2D eigenvalue weighted by Crippen LogP contribution is -2.21. The highest BCUT2D eigenvalue weighted by atomic mass is 16.3. The molecular formula is C11H16N2O. The third-order valence-corrected chi connectivity index (χ3v) is 1.92. The van der Waals surface area contributed by atoms with Crippen LogP contribution in [0.1, 0.15) is 11.7 Å². The van der Waals surface area contributed by atoms with Gasteiger partial charge in [0.15, 0.2) is 0 Å². The molecular weight excluding hydrogens is 176 g/mol. The van der Waals surface area contributed by atoms with Crippen molar-refractivity contribution < 1.29 is 5.11 Å². The summed E-state index contributed by atoms with van der Waals surface area (Å²) in [5.74, 6) is 0.